The first-order chi connectivity index (χ1) is 11.8. The second-order valence-electron chi connectivity index (χ2n) is 5.72. The van der Waals surface area contributed by atoms with E-state index >= 15 is 0 Å². The fraction of sp³-hybridized carbons (Fsp3) is 0.105. The van der Waals surface area contributed by atoms with Crippen LogP contribution in [0.5, 0.6) is 0 Å². The number of imidazole rings is 1. The number of hydrogen-bond acceptors (Lipinski definition) is 3. The number of carbonyl (C=O) groups is 1. The molecule has 0 bridgehead atoms. The maximum Gasteiger partial charge on any atom is 0.226 e. The van der Waals surface area contributed by atoms with Gasteiger partial charge in [-0.05, 0) is 29.8 Å². The summed E-state index contributed by atoms with van der Waals surface area (Å²) in [5, 5.41) is 11.9. The highest BCUT2D eigenvalue weighted by atomic mass is 16.1. The first-order valence-corrected chi connectivity index (χ1v) is 7.69. The van der Waals surface area contributed by atoms with Crippen molar-refractivity contribution in [2.24, 2.45) is 0 Å². The number of anilines is 1. The van der Waals surface area contributed by atoms with Crippen molar-refractivity contribution in [3.8, 4) is 11.8 Å². The molecule has 0 radical (unpaired) electrons. The molecule has 2 aromatic carbocycles. The summed E-state index contributed by atoms with van der Waals surface area (Å²) < 4.78 is 1.89. The zero-order valence-electron chi connectivity index (χ0n) is 12.8. The van der Waals surface area contributed by atoms with Gasteiger partial charge in [0.25, 0.3) is 0 Å². The number of amides is 1. The van der Waals surface area contributed by atoms with Gasteiger partial charge in [0.2, 0.25) is 5.91 Å². The lowest BCUT2D eigenvalue weighted by atomic mass is 9.89. The number of nitrogens with zero attached hydrogens (tertiary/aromatic N) is 3. The first-order valence-electron chi connectivity index (χ1n) is 7.69. The lowest BCUT2D eigenvalue weighted by molar-refractivity contribution is -0.116. The normalized spacial score (nSPS) is 16.1. The predicted molar refractivity (Wildman–Crippen MR) is 89.8 cm³/mol. The molecule has 0 saturated carbocycles. The summed E-state index contributed by atoms with van der Waals surface area (Å²) in [5.74, 6) is 0.577. The molecule has 116 valence electrons. The zero-order chi connectivity index (χ0) is 16.5. The van der Waals surface area contributed by atoms with Crippen LogP contribution in [-0.2, 0) is 4.79 Å². The van der Waals surface area contributed by atoms with Crippen molar-refractivity contribution in [2.45, 2.75) is 12.3 Å². The van der Waals surface area contributed by atoms with Crippen molar-refractivity contribution < 1.29 is 4.79 Å². The van der Waals surface area contributed by atoms with Crippen molar-refractivity contribution in [3.05, 3.63) is 77.7 Å². The van der Waals surface area contributed by atoms with Crippen molar-refractivity contribution in [2.75, 3.05) is 5.32 Å². The van der Waals surface area contributed by atoms with Gasteiger partial charge in [-0.1, -0.05) is 30.3 Å². The van der Waals surface area contributed by atoms with Gasteiger partial charge in [0.05, 0.1) is 17.3 Å². The third-order valence-corrected chi connectivity index (χ3v) is 4.25. The van der Waals surface area contributed by atoms with Crippen LogP contribution in [0.3, 0.4) is 0 Å². The molecule has 5 heteroatoms. The summed E-state index contributed by atoms with van der Waals surface area (Å²) in [6.07, 6.45) is 2.09. The van der Waals surface area contributed by atoms with Gasteiger partial charge in [0, 0.05) is 18.0 Å². The minimum absolute atomic E-state index is 0.0328. The first kappa shape index (κ1) is 14.2. The van der Waals surface area contributed by atoms with Gasteiger partial charge in [0.15, 0.2) is 0 Å². The number of aromatic nitrogens is 2. The molecule has 1 aromatic heterocycles. The van der Waals surface area contributed by atoms with E-state index in [2.05, 4.69) is 16.4 Å². The highest BCUT2D eigenvalue weighted by molar-refractivity contribution is 5.94. The van der Waals surface area contributed by atoms with Crippen LogP contribution in [0.1, 0.15) is 29.2 Å². The Morgan fingerprint density at radius 3 is 2.58 bits per heavy atom. The van der Waals surface area contributed by atoms with Gasteiger partial charge < -0.3 is 5.32 Å². The molecule has 4 rings (SSSR count). The molecule has 1 N–H and O–H groups in total. The van der Waals surface area contributed by atoms with E-state index in [0.29, 0.717) is 17.8 Å². The molecule has 0 saturated heterocycles. The van der Waals surface area contributed by atoms with Gasteiger partial charge in [-0.15, -0.1) is 0 Å². The molecule has 1 amide bonds. The van der Waals surface area contributed by atoms with Crippen LogP contribution in [-0.4, -0.2) is 15.5 Å². The molecule has 1 aliphatic rings. The fourth-order valence-corrected chi connectivity index (χ4v) is 3.06. The van der Waals surface area contributed by atoms with E-state index in [1.54, 1.807) is 18.5 Å². The third kappa shape index (κ3) is 2.34. The van der Waals surface area contributed by atoms with Crippen molar-refractivity contribution >= 4 is 11.7 Å². The Kier molecular flexibility index (Phi) is 3.36. The average Bonchev–Trinajstić information content (AvgIpc) is 3.05. The maximum absolute atomic E-state index is 12.2. The number of nitriles is 1. The third-order valence-electron chi connectivity index (χ3n) is 4.25. The van der Waals surface area contributed by atoms with Gasteiger partial charge >= 0.3 is 0 Å². The SMILES string of the molecule is N#Cc1ccc([C@@H]2CC(=O)Nc3c2ncn3-c2ccccc2)cc1. The largest absolute Gasteiger partial charge is 0.310 e. The number of fused-ring (bicyclic) bond motifs is 1. The van der Waals surface area contributed by atoms with Gasteiger partial charge in [0.1, 0.15) is 12.1 Å². The van der Waals surface area contributed by atoms with E-state index in [4.69, 9.17) is 5.26 Å². The Bertz CT molecular complexity index is 936. The van der Waals surface area contributed by atoms with E-state index in [1.165, 1.54) is 0 Å². The Morgan fingerprint density at radius 1 is 1.12 bits per heavy atom. The Hall–Kier alpha value is -3.39. The van der Waals surface area contributed by atoms with Crippen molar-refractivity contribution in [1.82, 2.24) is 9.55 Å². The molecule has 2 heterocycles. The van der Waals surface area contributed by atoms with E-state index in [1.807, 2.05) is 47.0 Å². The van der Waals surface area contributed by atoms with Gasteiger partial charge in [-0.2, -0.15) is 5.26 Å². The standard InChI is InChI=1S/C19H14N4O/c20-11-13-6-8-14(9-7-13)16-10-17(24)22-19-18(16)21-12-23(19)15-4-2-1-3-5-15/h1-9,12,16H,10H2,(H,22,24)/t16-/m0/s1. The number of nitrogens with one attached hydrogen (secondary N) is 1. The molecule has 0 fully saturated rings. The minimum Gasteiger partial charge on any atom is -0.310 e. The van der Waals surface area contributed by atoms with Gasteiger partial charge in [-0.25, -0.2) is 4.98 Å². The van der Waals surface area contributed by atoms with E-state index in [9.17, 15) is 4.79 Å². The van der Waals surface area contributed by atoms with E-state index in [-0.39, 0.29) is 11.8 Å². The lowest BCUT2D eigenvalue weighted by Crippen LogP contribution is -2.24. The molecular weight excluding hydrogens is 300 g/mol. The molecule has 0 aliphatic carbocycles. The highest BCUT2D eigenvalue weighted by Gasteiger charge is 2.30. The highest BCUT2D eigenvalue weighted by Crippen LogP contribution is 2.37. The summed E-state index contributed by atoms with van der Waals surface area (Å²) >= 11 is 0. The van der Waals surface area contributed by atoms with E-state index < -0.39 is 0 Å². The average molecular weight is 314 g/mol. The number of rotatable bonds is 2. The number of para-hydroxylation sites is 1. The smallest absolute Gasteiger partial charge is 0.226 e. The van der Waals surface area contributed by atoms with Gasteiger partial charge in [-0.3, -0.25) is 9.36 Å². The molecular formula is C19H14N4O. The summed E-state index contributed by atoms with van der Waals surface area (Å²) in [6.45, 7) is 0. The van der Waals surface area contributed by atoms with Crippen LogP contribution in [0.4, 0.5) is 5.82 Å². The fourth-order valence-electron chi connectivity index (χ4n) is 3.06. The number of hydrogen-bond donors (Lipinski definition) is 1. The quantitative estimate of drug-likeness (QED) is 0.789. The Labute approximate surface area is 139 Å². The Morgan fingerprint density at radius 2 is 1.88 bits per heavy atom. The van der Waals surface area contributed by atoms with Crippen LogP contribution in [0, 0.1) is 11.3 Å². The van der Waals surface area contributed by atoms with E-state index in [0.717, 1.165) is 16.9 Å². The van der Waals surface area contributed by atoms with Crippen LogP contribution in [0.15, 0.2) is 60.9 Å². The molecule has 3 aromatic rings. The molecule has 5 nitrogen and oxygen atoms in total. The lowest BCUT2D eigenvalue weighted by Gasteiger charge is -2.23. The summed E-state index contributed by atoms with van der Waals surface area (Å²) in [7, 11) is 0. The Balaban J connectivity index is 1.79. The van der Waals surface area contributed by atoms with Crippen LogP contribution < -0.4 is 5.32 Å². The summed E-state index contributed by atoms with van der Waals surface area (Å²) in [4.78, 5) is 16.8. The molecule has 0 spiro atoms. The second kappa shape index (κ2) is 5.67. The van der Waals surface area contributed by atoms with Crippen molar-refractivity contribution in [1.29, 1.82) is 5.26 Å². The molecule has 24 heavy (non-hydrogen) atoms. The van der Waals surface area contributed by atoms with Crippen LogP contribution in [0.2, 0.25) is 0 Å². The van der Waals surface area contributed by atoms with Crippen LogP contribution >= 0.6 is 0 Å². The zero-order valence-corrected chi connectivity index (χ0v) is 12.8. The summed E-state index contributed by atoms with van der Waals surface area (Å²) in [6, 6.07) is 19.2. The monoisotopic (exact) mass is 314 g/mol. The van der Waals surface area contributed by atoms with Crippen LogP contribution in [0.25, 0.3) is 5.69 Å². The predicted octanol–water partition coefficient (Wildman–Crippen LogP) is 3.22. The maximum atomic E-state index is 12.2. The number of benzene rings is 2. The number of carbonyl (C=O) groups excluding carboxylic acids is 1. The van der Waals surface area contributed by atoms with Crippen molar-refractivity contribution in [3.63, 3.8) is 0 Å². The second-order valence-corrected chi connectivity index (χ2v) is 5.72. The topological polar surface area (TPSA) is 70.7 Å². The molecule has 1 atom stereocenters. The minimum atomic E-state index is -0.105. The molecule has 0 unspecified atom stereocenters. The molecule has 1 aliphatic heterocycles. The summed E-state index contributed by atoms with van der Waals surface area (Å²) in [5.41, 5.74) is 3.40.